The lowest BCUT2D eigenvalue weighted by molar-refractivity contribution is -0.107. The van der Waals surface area contributed by atoms with Crippen molar-refractivity contribution in [3.05, 3.63) is 17.8 Å². The van der Waals surface area contributed by atoms with Gasteiger partial charge in [-0.3, -0.25) is 0 Å². The highest BCUT2D eigenvalue weighted by molar-refractivity contribution is 7.99. The van der Waals surface area contributed by atoms with E-state index >= 15 is 0 Å². The number of aromatic nitrogens is 1. The van der Waals surface area contributed by atoms with Crippen molar-refractivity contribution in [2.45, 2.75) is 25.2 Å². The summed E-state index contributed by atoms with van der Waals surface area (Å²) in [5, 5.41) is 0. The minimum absolute atomic E-state index is 0.366. The standard InChI is InChI=1S/C10H13NO2S/c12-4-1-9-7-13-10(11-9)8-2-5-14-6-3-8/h4,7-8H,1-3,5-6H2. The van der Waals surface area contributed by atoms with Crippen LogP contribution in [0.15, 0.2) is 10.7 Å². The number of hydrogen-bond donors (Lipinski definition) is 0. The van der Waals surface area contributed by atoms with Crippen molar-refractivity contribution in [2.24, 2.45) is 0 Å². The molecule has 1 aromatic rings. The molecule has 1 aliphatic rings. The fourth-order valence-corrected chi connectivity index (χ4v) is 2.74. The van der Waals surface area contributed by atoms with E-state index in [0.717, 1.165) is 30.7 Å². The molecular formula is C10H13NO2S. The average Bonchev–Trinajstić information content (AvgIpc) is 2.68. The van der Waals surface area contributed by atoms with Crippen LogP contribution in [-0.2, 0) is 11.2 Å². The first-order valence-corrected chi connectivity index (χ1v) is 6.01. The first kappa shape index (κ1) is 9.77. The van der Waals surface area contributed by atoms with Crippen LogP contribution in [0.3, 0.4) is 0 Å². The second-order valence-corrected chi connectivity index (χ2v) is 4.66. The Morgan fingerprint density at radius 2 is 2.36 bits per heavy atom. The number of nitrogens with zero attached hydrogens (tertiary/aromatic N) is 1. The van der Waals surface area contributed by atoms with Gasteiger partial charge in [0, 0.05) is 12.3 Å². The van der Waals surface area contributed by atoms with Gasteiger partial charge in [0.1, 0.15) is 12.5 Å². The molecule has 1 aromatic heterocycles. The third-order valence-electron chi connectivity index (χ3n) is 2.43. The lowest BCUT2D eigenvalue weighted by atomic mass is 10.0. The Morgan fingerprint density at radius 1 is 1.57 bits per heavy atom. The van der Waals surface area contributed by atoms with E-state index in [1.807, 2.05) is 11.8 Å². The largest absolute Gasteiger partial charge is 0.448 e. The molecule has 0 radical (unpaired) electrons. The molecule has 0 aliphatic carbocycles. The summed E-state index contributed by atoms with van der Waals surface area (Å²) in [6, 6.07) is 0. The molecule has 2 rings (SSSR count). The Hall–Kier alpha value is -0.770. The van der Waals surface area contributed by atoms with Gasteiger partial charge >= 0.3 is 0 Å². The van der Waals surface area contributed by atoms with Crippen molar-refractivity contribution in [1.82, 2.24) is 4.98 Å². The van der Waals surface area contributed by atoms with Gasteiger partial charge < -0.3 is 9.21 Å². The maximum Gasteiger partial charge on any atom is 0.197 e. The fraction of sp³-hybridized carbons (Fsp3) is 0.600. The van der Waals surface area contributed by atoms with Crippen molar-refractivity contribution in [2.75, 3.05) is 11.5 Å². The van der Waals surface area contributed by atoms with E-state index in [1.54, 1.807) is 6.26 Å². The Morgan fingerprint density at radius 3 is 3.07 bits per heavy atom. The van der Waals surface area contributed by atoms with Crippen LogP contribution in [0.25, 0.3) is 0 Å². The summed E-state index contributed by atoms with van der Waals surface area (Å²) in [7, 11) is 0. The Kier molecular flexibility index (Phi) is 3.24. The van der Waals surface area contributed by atoms with Gasteiger partial charge in [0.25, 0.3) is 0 Å². The molecular weight excluding hydrogens is 198 g/mol. The first-order chi connectivity index (χ1) is 6.90. The molecule has 0 atom stereocenters. The molecule has 0 N–H and O–H groups in total. The van der Waals surface area contributed by atoms with Crippen LogP contribution in [0, 0.1) is 0 Å². The normalized spacial score (nSPS) is 18.3. The van der Waals surface area contributed by atoms with Crippen molar-refractivity contribution in [1.29, 1.82) is 0 Å². The van der Waals surface area contributed by atoms with E-state index in [2.05, 4.69) is 4.98 Å². The lowest BCUT2D eigenvalue weighted by Gasteiger charge is -2.17. The van der Waals surface area contributed by atoms with Gasteiger partial charge in [0.15, 0.2) is 5.89 Å². The van der Waals surface area contributed by atoms with Crippen LogP contribution in [0.4, 0.5) is 0 Å². The van der Waals surface area contributed by atoms with Crippen LogP contribution in [0.1, 0.15) is 30.3 Å². The molecule has 14 heavy (non-hydrogen) atoms. The summed E-state index contributed by atoms with van der Waals surface area (Å²) in [6.45, 7) is 0. The average molecular weight is 211 g/mol. The zero-order valence-electron chi connectivity index (χ0n) is 7.94. The predicted octanol–water partition coefficient (Wildman–Crippen LogP) is 2.03. The van der Waals surface area contributed by atoms with Crippen molar-refractivity contribution < 1.29 is 9.21 Å². The Labute approximate surface area is 87.3 Å². The summed E-state index contributed by atoms with van der Waals surface area (Å²) in [4.78, 5) is 14.6. The number of hydrogen-bond acceptors (Lipinski definition) is 4. The number of rotatable bonds is 3. The number of carbonyl (C=O) groups excluding carboxylic acids is 1. The van der Waals surface area contributed by atoms with Gasteiger partial charge in [0.05, 0.1) is 5.69 Å². The van der Waals surface area contributed by atoms with Crippen LogP contribution in [0.5, 0.6) is 0 Å². The number of thioether (sulfide) groups is 1. The monoisotopic (exact) mass is 211 g/mol. The number of oxazole rings is 1. The second-order valence-electron chi connectivity index (χ2n) is 3.43. The van der Waals surface area contributed by atoms with E-state index < -0.39 is 0 Å². The molecule has 1 aliphatic heterocycles. The highest BCUT2D eigenvalue weighted by atomic mass is 32.2. The van der Waals surface area contributed by atoms with E-state index in [4.69, 9.17) is 4.42 Å². The minimum Gasteiger partial charge on any atom is -0.448 e. The Balaban J connectivity index is 2.03. The summed E-state index contributed by atoms with van der Waals surface area (Å²) in [6.07, 6.45) is 5.12. The maximum absolute atomic E-state index is 10.3. The fourth-order valence-electron chi connectivity index (χ4n) is 1.63. The number of carbonyl (C=O) groups is 1. The van der Waals surface area contributed by atoms with E-state index in [9.17, 15) is 4.79 Å². The van der Waals surface area contributed by atoms with Crippen molar-refractivity contribution in [3.63, 3.8) is 0 Å². The molecule has 4 heteroatoms. The zero-order chi connectivity index (χ0) is 9.80. The van der Waals surface area contributed by atoms with Crippen LogP contribution in [-0.4, -0.2) is 22.8 Å². The van der Waals surface area contributed by atoms with E-state index in [-0.39, 0.29) is 0 Å². The van der Waals surface area contributed by atoms with Crippen molar-refractivity contribution >= 4 is 18.0 Å². The van der Waals surface area contributed by atoms with E-state index in [0.29, 0.717) is 12.3 Å². The first-order valence-electron chi connectivity index (χ1n) is 4.86. The minimum atomic E-state index is 0.366. The summed E-state index contributed by atoms with van der Waals surface area (Å²) in [5.74, 6) is 3.67. The highest BCUT2D eigenvalue weighted by Crippen LogP contribution is 2.30. The molecule has 0 unspecified atom stereocenters. The van der Waals surface area contributed by atoms with E-state index in [1.165, 1.54) is 11.5 Å². The molecule has 1 fully saturated rings. The molecule has 0 spiro atoms. The second kappa shape index (κ2) is 4.64. The van der Waals surface area contributed by atoms with Gasteiger partial charge in [-0.25, -0.2) is 4.98 Å². The SMILES string of the molecule is O=CCc1coc(C2CCSCC2)n1. The molecule has 2 heterocycles. The molecule has 0 aromatic carbocycles. The quantitative estimate of drug-likeness (QED) is 0.717. The molecule has 0 saturated carbocycles. The van der Waals surface area contributed by atoms with Gasteiger partial charge in [-0.05, 0) is 24.3 Å². The molecule has 3 nitrogen and oxygen atoms in total. The third kappa shape index (κ3) is 2.18. The van der Waals surface area contributed by atoms with Crippen LogP contribution < -0.4 is 0 Å². The third-order valence-corrected chi connectivity index (χ3v) is 3.48. The van der Waals surface area contributed by atoms with Gasteiger partial charge in [-0.15, -0.1) is 0 Å². The smallest absolute Gasteiger partial charge is 0.197 e. The van der Waals surface area contributed by atoms with Gasteiger partial charge in [0.2, 0.25) is 0 Å². The lowest BCUT2D eigenvalue weighted by Crippen LogP contribution is -2.08. The zero-order valence-corrected chi connectivity index (χ0v) is 8.76. The molecule has 1 saturated heterocycles. The highest BCUT2D eigenvalue weighted by Gasteiger charge is 2.20. The number of aldehydes is 1. The van der Waals surface area contributed by atoms with Crippen LogP contribution in [0.2, 0.25) is 0 Å². The van der Waals surface area contributed by atoms with Gasteiger partial charge in [-0.2, -0.15) is 11.8 Å². The topological polar surface area (TPSA) is 43.1 Å². The Bertz CT molecular complexity index is 305. The maximum atomic E-state index is 10.3. The molecule has 76 valence electrons. The summed E-state index contributed by atoms with van der Waals surface area (Å²) < 4.78 is 5.38. The molecule has 0 amide bonds. The van der Waals surface area contributed by atoms with Crippen LogP contribution >= 0.6 is 11.8 Å². The molecule has 0 bridgehead atoms. The predicted molar refractivity (Wildman–Crippen MR) is 55.6 cm³/mol. The summed E-state index contributed by atoms with van der Waals surface area (Å²) in [5.41, 5.74) is 0.758. The van der Waals surface area contributed by atoms with Crippen molar-refractivity contribution in [3.8, 4) is 0 Å². The van der Waals surface area contributed by atoms with Gasteiger partial charge in [-0.1, -0.05) is 0 Å². The summed E-state index contributed by atoms with van der Waals surface area (Å²) >= 11 is 1.98.